The van der Waals surface area contributed by atoms with Crippen molar-refractivity contribution in [3.63, 3.8) is 0 Å². The number of nitrogens with two attached hydrogens (primary N) is 1. The molecule has 4 atom stereocenters. The fourth-order valence-corrected chi connectivity index (χ4v) is 3.18. The zero-order valence-electron chi connectivity index (χ0n) is 11.4. The number of ether oxygens (including phenoxy) is 1. The zero-order valence-corrected chi connectivity index (χ0v) is 11.4. The Balaban J connectivity index is 1.66. The van der Waals surface area contributed by atoms with Gasteiger partial charge in [0.25, 0.3) is 0 Å². The van der Waals surface area contributed by atoms with Crippen molar-refractivity contribution >= 4 is 5.91 Å². The smallest absolute Gasteiger partial charge is 0.220 e. The molecule has 1 heterocycles. The summed E-state index contributed by atoms with van der Waals surface area (Å²) in [6.07, 6.45) is 7.77. The highest BCUT2D eigenvalue weighted by Crippen LogP contribution is 2.25. The minimum atomic E-state index is 0.170. The molecule has 4 unspecified atom stereocenters. The van der Waals surface area contributed by atoms with E-state index in [1.165, 1.54) is 6.42 Å². The molecule has 2 aliphatic rings. The van der Waals surface area contributed by atoms with Gasteiger partial charge in [0, 0.05) is 12.5 Å². The van der Waals surface area contributed by atoms with Gasteiger partial charge in [-0.2, -0.15) is 0 Å². The largest absolute Gasteiger partial charge is 0.375 e. The van der Waals surface area contributed by atoms with Crippen LogP contribution < -0.4 is 11.1 Å². The van der Waals surface area contributed by atoms with Crippen molar-refractivity contribution in [3.05, 3.63) is 0 Å². The van der Waals surface area contributed by atoms with Crippen molar-refractivity contribution in [2.45, 2.75) is 70.1 Å². The standard InChI is InChI=1S/C14H26N2O2/c1-10-5-6-12(18-10)7-8-14(17)16-13-4-2-3-11(13)9-15/h10-13H,2-9,15H2,1H3,(H,16,17). The van der Waals surface area contributed by atoms with E-state index in [2.05, 4.69) is 12.2 Å². The van der Waals surface area contributed by atoms with Crippen LogP contribution in [0.25, 0.3) is 0 Å². The summed E-state index contributed by atoms with van der Waals surface area (Å²) < 4.78 is 5.72. The molecule has 104 valence electrons. The SMILES string of the molecule is CC1CCC(CCC(=O)NC2CCCC2CN)O1. The average molecular weight is 254 g/mol. The third kappa shape index (κ3) is 3.69. The first-order valence-electron chi connectivity index (χ1n) is 7.34. The molecule has 0 aromatic heterocycles. The summed E-state index contributed by atoms with van der Waals surface area (Å²) in [5.41, 5.74) is 5.72. The van der Waals surface area contributed by atoms with Crippen LogP contribution in [0.4, 0.5) is 0 Å². The molecule has 3 N–H and O–H groups in total. The maximum absolute atomic E-state index is 11.9. The van der Waals surface area contributed by atoms with Crippen molar-refractivity contribution in [2.24, 2.45) is 11.7 Å². The van der Waals surface area contributed by atoms with Gasteiger partial charge in [-0.3, -0.25) is 4.79 Å². The molecule has 0 bridgehead atoms. The molecule has 1 saturated heterocycles. The van der Waals surface area contributed by atoms with Gasteiger partial charge in [0.15, 0.2) is 0 Å². The summed E-state index contributed by atoms with van der Waals surface area (Å²) in [4.78, 5) is 11.9. The van der Waals surface area contributed by atoms with Crippen LogP contribution >= 0.6 is 0 Å². The molecule has 0 radical (unpaired) electrons. The van der Waals surface area contributed by atoms with Crippen LogP contribution in [-0.4, -0.2) is 30.7 Å². The van der Waals surface area contributed by atoms with Crippen LogP contribution in [-0.2, 0) is 9.53 Å². The molecular formula is C14H26N2O2. The van der Waals surface area contributed by atoms with Gasteiger partial charge in [-0.25, -0.2) is 0 Å². The summed E-state index contributed by atoms with van der Waals surface area (Å²) in [5.74, 6) is 0.653. The molecule has 2 rings (SSSR count). The van der Waals surface area contributed by atoms with Gasteiger partial charge < -0.3 is 15.8 Å². The lowest BCUT2D eigenvalue weighted by molar-refractivity contribution is -0.122. The number of carbonyl (C=O) groups excluding carboxylic acids is 1. The second-order valence-electron chi connectivity index (χ2n) is 5.79. The minimum Gasteiger partial charge on any atom is -0.375 e. The van der Waals surface area contributed by atoms with Crippen molar-refractivity contribution < 1.29 is 9.53 Å². The lowest BCUT2D eigenvalue weighted by atomic mass is 10.0. The van der Waals surface area contributed by atoms with Gasteiger partial charge in [0.05, 0.1) is 12.2 Å². The summed E-state index contributed by atoms with van der Waals surface area (Å²) >= 11 is 0. The molecule has 4 nitrogen and oxygen atoms in total. The van der Waals surface area contributed by atoms with E-state index in [1.807, 2.05) is 0 Å². The van der Waals surface area contributed by atoms with Crippen molar-refractivity contribution in [2.75, 3.05) is 6.54 Å². The van der Waals surface area contributed by atoms with Gasteiger partial charge >= 0.3 is 0 Å². The number of nitrogens with one attached hydrogen (secondary N) is 1. The van der Waals surface area contributed by atoms with Crippen molar-refractivity contribution in [1.82, 2.24) is 5.32 Å². The third-order valence-electron chi connectivity index (χ3n) is 4.32. The van der Waals surface area contributed by atoms with Gasteiger partial charge in [0.2, 0.25) is 5.91 Å². The molecule has 1 aliphatic heterocycles. The van der Waals surface area contributed by atoms with E-state index in [0.29, 0.717) is 37.1 Å². The summed E-state index contributed by atoms with van der Waals surface area (Å²) in [6.45, 7) is 2.79. The van der Waals surface area contributed by atoms with E-state index in [0.717, 1.165) is 32.1 Å². The molecule has 1 aliphatic carbocycles. The van der Waals surface area contributed by atoms with Crippen molar-refractivity contribution in [1.29, 1.82) is 0 Å². The predicted molar refractivity (Wildman–Crippen MR) is 71.1 cm³/mol. The monoisotopic (exact) mass is 254 g/mol. The Hall–Kier alpha value is -0.610. The van der Waals surface area contributed by atoms with Crippen LogP contribution in [0.15, 0.2) is 0 Å². The topological polar surface area (TPSA) is 64.4 Å². The normalized spacial score (nSPS) is 35.9. The van der Waals surface area contributed by atoms with Crippen LogP contribution in [0, 0.1) is 5.92 Å². The minimum absolute atomic E-state index is 0.170. The Morgan fingerprint density at radius 1 is 1.33 bits per heavy atom. The fraction of sp³-hybridized carbons (Fsp3) is 0.929. The zero-order chi connectivity index (χ0) is 13.0. The molecule has 0 aromatic carbocycles. The first-order chi connectivity index (χ1) is 8.69. The predicted octanol–water partition coefficient (Wildman–Crippen LogP) is 1.58. The Morgan fingerprint density at radius 2 is 2.17 bits per heavy atom. The molecule has 18 heavy (non-hydrogen) atoms. The summed E-state index contributed by atoms with van der Waals surface area (Å²) in [7, 11) is 0. The Bertz CT molecular complexity index is 283. The van der Waals surface area contributed by atoms with E-state index in [1.54, 1.807) is 0 Å². The van der Waals surface area contributed by atoms with Crippen molar-refractivity contribution in [3.8, 4) is 0 Å². The van der Waals surface area contributed by atoms with E-state index in [9.17, 15) is 4.79 Å². The van der Waals surface area contributed by atoms with Gasteiger partial charge in [-0.05, 0) is 51.5 Å². The molecule has 2 fully saturated rings. The Labute approximate surface area is 110 Å². The van der Waals surface area contributed by atoms with E-state index in [4.69, 9.17) is 10.5 Å². The highest BCUT2D eigenvalue weighted by Gasteiger charge is 2.28. The number of amides is 1. The fourth-order valence-electron chi connectivity index (χ4n) is 3.18. The second-order valence-corrected chi connectivity index (χ2v) is 5.79. The van der Waals surface area contributed by atoms with Gasteiger partial charge in [0.1, 0.15) is 0 Å². The average Bonchev–Trinajstić information content (AvgIpc) is 2.95. The maximum Gasteiger partial charge on any atom is 0.220 e. The van der Waals surface area contributed by atoms with E-state index < -0.39 is 0 Å². The lowest BCUT2D eigenvalue weighted by Gasteiger charge is -2.20. The highest BCUT2D eigenvalue weighted by molar-refractivity contribution is 5.76. The van der Waals surface area contributed by atoms with Gasteiger partial charge in [-0.15, -0.1) is 0 Å². The first-order valence-corrected chi connectivity index (χ1v) is 7.34. The Kier molecular flexibility index (Phi) is 5.01. The van der Waals surface area contributed by atoms with Crippen LogP contribution in [0.5, 0.6) is 0 Å². The molecular weight excluding hydrogens is 228 g/mol. The van der Waals surface area contributed by atoms with E-state index in [-0.39, 0.29) is 5.91 Å². The first kappa shape index (κ1) is 13.8. The number of hydrogen-bond donors (Lipinski definition) is 2. The van der Waals surface area contributed by atoms with E-state index >= 15 is 0 Å². The lowest BCUT2D eigenvalue weighted by Crippen LogP contribution is -2.40. The molecule has 1 amide bonds. The second kappa shape index (κ2) is 6.53. The molecule has 4 heteroatoms. The number of carbonyl (C=O) groups is 1. The van der Waals surface area contributed by atoms with Gasteiger partial charge in [-0.1, -0.05) is 6.42 Å². The van der Waals surface area contributed by atoms with Crippen LogP contribution in [0.3, 0.4) is 0 Å². The Morgan fingerprint density at radius 3 is 2.83 bits per heavy atom. The van der Waals surface area contributed by atoms with Crippen LogP contribution in [0.1, 0.15) is 51.9 Å². The highest BCUT2D eigenvalue weighted by atomic mass is 16.5. The molecule has 0 spiro atoms. The molecule has 1 saturated carbocycles. The summed E-state index contributed by atoms with van der Waals surface area (Å²) in [6, 6.07) is 0.311. The third-order valence-corrected chi connectivity index (χ3v) is 4.32. The number of rotatable bonds is 5. The van der Waals surface area contributed by atoms with Crippen LogP contribution in [0.2, 0.25) is 0 Å². The molecule has 0 aromatic rings. The quantitative estimate of drug-likeness (QED) is 0.783. The maximum atomic E-state index is 11.9. The summed E-state index contributed by atoms with van der Waals surface area (Å²) in [5, 5.41) is 3.14. The number of hydrogen-bond acceptors (Lipinski definition) is 3.